The van der Waals surface area contributed by atoms with E-state index in [9.17, 15) is 0 Å². The number of hydrogen-bond acceptors (Lipinski definition) is 3. The Kier molecular flexibility index (Phi) is 3.98. The second-order valence-electron chi connectivity index (χ2n) is 7.42. The van der Waals surface area contributed by atoms with Crippen LogP contribution in [0.15, 0.2) is 18.2 Å². The SMILES string of the molecule is CC(N)C1CCN(Cc2cccc3c2OC(C)(C)C3)CC1. The summed E-state index contributed by atoms with van der Waals surface area (Å²) in [4.78, 5) is 2.54. The number of fused-ring (bicyclic) bond motifs is 1. The number of rotatable bonds is 3. The van der Waals surface area contributed by atoms with Crippen LogP contribution in [0.3, 0.4) is 0 Å². The zero-order valence-corrected chi connectivity index (χ0v) is 13.6. The minimum absolute atomic E-state index is 0.0551. The van der Waals surface area contributed by atoms with Crippen LogP contribution in [0.5, 0.6) is 5.75 Å². The van der Waals surface area contributed by atoms with Crippen molar-refractivity contribution in [3.8, 4) is 5.75 Å². The topological polar surface area (TPSA) is 38.5 Å². The van der Waals surface area contributed by atoms with Gasteiger partial charge in [-0.1, -0.05) is 18.2 Å². The number of ether oxygens (including phenoxy) is 1. The fraction of sp³-hybridized carbons (Fsp3) is 0.667. The van der Waals surface area contributed by atoms with Crippen LogP contribution in [0.4, 0.5) is 0 Å². The first-order chi connectivity index (χ1) is 9.94. The van der Waals surface area contributed by atoms with Gasteiger partial charge in [0, 0.05) is 24.6 Å². The predicted octanol–water partition coefficient (Wildman–Crippen LogP) is 2.96. The maximum Gasteiger partial charge on any atom is 0.127 e. The van der Waals surface area contributed by atoms with Crippen molar-refractivity contribution in [2.24, 2.45) is 11.7 Å². The molecule has 3 nitrogen and oxygen atoms in total. The molecule has 0 amide bonds. The molecule has 3 rings (SSSR count). The molecule has 1 atom stereocenters. The molecule has 0 bridgehead atoms. The Bertz CT molecular complexity index is 502. The van der Waals surface area contributed by atoms with Gasteiger partial charge >= 0.3 is 0 Å². The molecule has 0 spiro atoms. The van der Waals surface area contributed by atoms with E-state index in [4.69, 9.17) is 10.5 Å². The minimum Gasteiger partial charge on any atom is -0.487 e. The first-order valence-electron chi connectivity index (χ1n) is 8.22. The van der Waals surface area contributed by atoms with E-state index in [1.165, 1.54) is 24.0 Å². The van der Waals surface area contributed by atoms with Crippen molar-refractivity contribution in [2.45, 2.75) is 58.2 Å². The van der Waals surface area contributed by atoms with Gasteiger partial charge in [0.05, 0.1) is 0 Å². The number of piperidine rings is 1. The van der Waals surface area contributed by atoms with Gasteiger partial charge in [0.15, 0.2) is 0 Å². The van der Waals surface area contributed by atoms with E-state index in [-0.39, 0.29) is 5.60 Å². The van der Waals surface area contributed by atoms with Crippen molar-refractivity contribution in [3.63, 3.8) is 0 Å². The minimum atomic E-state index is -0.0551. The molecule has 2 N–H and O–H groups in total. The van der Waals surface area contributed by atoms with Crippen LogP contribution in [-0.4, -0.2) is 29.6 Å². The highest BCUT2D eigenvalue weighted by molar-refractivity contribution is 5.45. The Balaban J connectivity index is 1.67. The molecule has 2 heterocycles. The maximum atomic E-state index is 6.18. The molecule has 0 aliphatic carbocycles. The highest BCUT2D eigenvalue weighted by Gasteiger charge is 2.32. The van der Waals surface area contributed by atoms with Crippen LogP contribution in [0.25, 0.3) is 0 Å². The molecule has 1 fully saturated rings. The van der Waals surface area contributed by atoms with Crippen molar-refractivity contribution < 1.29 is 4.74 Å². The van der Waals surface area contributed by atoms with Gasteiger partial charge in [-0.05, 0) is 58.2 Å². The number of hydrogen-bond donors (Lipinski definition) is 1. The van der Waals surface area contributed by atoms with Gasteiger partial charge in [0.2, 0.25) is 0 Å². The van der Waals surface area contributed by atoms with Gasteiger partial charge in [-0.15, -0.1) is 0 Å². The second kappa shape index (κ2) is 5.62. The lowest BCUT2D eigenvalue weighted by atomic mass is 9.90. The van der Waals surface area contributed by atoms with E-state index < -0.39 is 0 Å². The Hall–Kier alpha value is -1.06. The van der Waals surface area contributed by atoms with Crippen molar-refractivity contribution in [3.05, 3.63) is 29.3 Å². The second-order valence-corrected chi connectivity index (χ2v) is 7.42. The first kappa shape index (κ1) is 14.9. The summed E-state index contributed by atoms with van der Waals surface area (Å²) in [5, 5.41) is 0. The smallest absolute Gasteiger partial charge is 0.127 e. The molecule has 1 aromatic carbocycles. The van der Waals surface area contributed by atoms with Crippen molar-refractivity contribution in [2.75, 3.05) is 13.1 Å². The van der Waals surface area contributed by atoms with Crippen molar-refractivity contribution in [1.82, 2.24) is 4.90 Å². The van der Waals surface area contributed by atoms with Gasteiger partial charge in [0.25, 0.3) is 0 Å². The van der Waals surface area contributed by atoms with Crippen molar-refractivity contribution >= 4 is 0 Å². The van der Waals surface area contributed by atoms with Gasteiger partial charge < -0.3 is 10.5 Å². The van der Waals surface area contributed by atoms with Crippen LogP contribution in [0.1, 0.15) is 44.7 Å². The number of likely N-dealkylation sites (tertiary alicyclic amines) is 1. The molecule has 1 saturated heterocycles. The zero-order valence-electron chi connectivity index (χ0n) is 13.6. The van der Waals surface area contributed by atoms with Gasteiger partial charge in [-0.25, -0.2) is 0 Å². The number of para-hydroxylation sites is 1. The molecule has 1 aromatic rings. The summed E-state index contributed by atoms with van der Waals surface area (Å²) in [5.74, 6) is 1.83. The summed E-state index contributed by atoms with van der Waals surface area (Å²) in [6, 6.07) is 6.93. The molecular formula is C18H28N2O. The number of nitrogens with two attached hydrogens (primary N) is 1. The Labute approximate surface area is 128 Å². The van der Waals surface area contributed by atoms with E-state index >= 15 is 0 Å². The molecule has 3 heteroatoms. The summed E-state index contributed by atoms with van der Waals surface area (Å²) in [6.45, 7) is 9.79. The lowest BCUT2D eigenvalue weighted by Crippen LogP contribution is -2.39. The lowest BCUT2D eigenvalue weighted by Gasteiger charge is -2.34. The lowest BCUT2D eigenvalue weighted by molar-refractivity contribution is 0.131. The van der Waals surface area contributed by atoms with Crippen LogP contribution >= 0.6 is 0 Å². The van der Waals surface area contributed by atoms with E-state index in [0.717, 1.165) is 31.8 Å². The van der Waals surface area contributed by atoms with Crippen LogP contribution < -0.4 is 10.5 Å². The van der Waals surface area contributed by atoms with E-state index in [2.05, 4.69) is 43.9 Å². The highest BCUT2D eigenvalue weighted by atomic mass is 16.5. The van der Waals surface area contributed by atoms with Crippen LogP contribution in [0.2, 0.25) is 0 Å². The number of benzene rings is 1. The van der Waals surface area contributed by atoms with Gasteiger partial charge in [-0.2, -0.15) is 0 Å². The largest absolute Gasteiger partial charge is 0.487 e. The van der Waals surface area contributed by atoms with E-state index in [1.54, 1.807) is 0 Å². The first-order valence-corrected chi connectivity index (χ1v) is 8.22. The molecule has 1 unspecified atom stereocenters. The molecule has 0 aromatic heterocycles. The fourth-order valence-electron chi connectivity index (χ4n) is 3.68. The monoisotopic (exact) mass is 288 g/mol. The standard InChI is InChI=1S/C18H28N2O/c1-13(19)14-7-9-20(10-8-14)12-16-6-4-5-15-11-18(2,3)21-17(15)16/h4-6,13-14H,7-12,19H2,1-3H3. The normalized spacial score (nSPS) is 23.6. The van der Waals surface area contributed by atoms with Crippen LogP contribution in [-0.2, 0) is 13.0 Å². The molecule has 2 aliphatic rings. The average molecular weight is 288 g/mol. The molecule has 2 aliphatic heterocycles. The summed E-state index contributed by atoms with van der Waals surface area (Å²) in [7, 11) is 0. The molecule has 0 saturated carbocycles. The van der Waals surface area contributed by atoms with Gasteiger partial charge in [-0.3, -0.25) is 4.90 Å². The fourth-order valence-corrected chi connectivity index (χ4v) is 3.68. The van der Waals surface area contributed by atoms with E-state index in [1.807, 2.05) is 0 Å². The summed E-state index contributed by atoms with van der Waals surface area (Å²) >= 11 is 0. The maximum absolute atomic E-state index is 6.18. The number of nitrogens with zero attached hydrogens (tertiary/aromatic N) is 1. The molecule has 21 heavy (non-hydrogen) atoms. The summed E-state index contributed by atoms with van der Waals surface area (Å²) in [5.41, 5.74) is 8.68. The van der Waals surface area contributed by atoms with Crippen molar-refractivity contribution in [1.29, 1.82) is 0 Å². The van der Waals surface area contributed by atoms with E-state index in [0.29, 0.717) is 12.0 Å². The van der Waals surface area contributed by atoms with Gasteiger partial charge in [0.1, 0.15) is 11.4 Å². The predicted molar refractivity (Wildman–Crippen MR) is 86.5 cm³/mol. The molecule has 116 valence electrons. The molecular weight excluding hydrogens is 260 g/mol. The Morgan fingerprint density at radius 2 is 2.05 bits per heavy atom. The quantitative estimate of drug-likeness (QED) is 0.929. The highest BCUT2D eigenvalue weighted by Crippen LogP contribution is 2.38. The van der Waals surface area contributed by atoms with Crippen LogP contribution in [0, 0.1) is 5.92 Å². The Morgan fingerprint density at radius 3 is 2.71 bits per heavy atom. The third-order valence-corrected chi connectivity index (χ3v) is 4.94. The third-order valence-electron chi connectivity index (χ3n) is 4.94. The zero-order chi connectivity index (χ0) is 15.0. The molecule has 0 radical (unpaired) electrons. The third kappa shape index (κ3) is 3.24. The summed E-state index contributed by atoms with van der Waals surface area (Å²) < 4.78 is 6.18. The Morgan fingerprint density at radius 1 is 1.33 bits per heavy atom. The average Bonchev–Trinajstić information content (AvgIpc) is 2.74. The summed E-state index contributed by atoms with van der Waals surface area (Å²) in [6.07, 6.45) is 3.46.